The van der Waals surface area contributed by atoms with Crippen molar-refractivity contribution in [2.75, 3.05) is 11.4 Å². The fraction of sp³-hybridized carbons (Fsp3) is 0.583. The van der Waals surface area contributed by atoms with Gasteiger partial charge in [0.1, 0.15) is 39.3 Å². The summed E-state index contributed by atoms with van der Waals surface area (Å²) in [7, 11) is 0. The zero-order chi connectivity index (χ0) is 46.2. The first-order valence-electron chi connectivity index (χ1n) is 21.6. The normalized spacial score (nSPS) is 13.8. The van der Waals surface area contributed by atoms with E-state index in [-0.39, 0.29) is 24.0 Å². The average molecular weight is 858 g/mol. The van der Waals surface area contributed by atoms with Crippen LogP contribution in [0.1, 0.15) is 145 Å². The Kier molecular flexibility index (Phi) is 13.7. The van der Waals surface area contributed by atoms with Crippen LogP contribution >= 0.6 is 0 Å². The third kappa shape index (κ3) is 12.6. The first-order valence-corrected chi connectivity index (χ1v) is 21.6. The first kappa shape index (κ1) is 47.6. The topological polar surface area (TPSA) is 152 Å². The van der Waals surface area contributed by atoms with E-state index in [9.17, 15) is 19.2 Å². The van der Waals surface area contributed by atoms with Gasteiger partial charge in [0.05, 0.1) is 17.6 Å². The van der Waals surface area contributed by atoms with Crippen LogP contribution in [0.25, 0.3) is 21.9 Å². The van der Waals surface area contributed by atoms with Crippen LogP contribution in [0.4, 0.5) is 25.0 Å². The summed E-state index contributed by atoms with van der Waals surface area (Å²) in [6.45, 7) is 28.1. The van der Waals surface area contributed by atoms with Crippen molar-refractivity contribution in [1.82, 2.24) is 19.4 Å². The van der Waals surface area contributed by atoms with Crippen LogP contribution in [-0.2, 0) is 56.0 Å². The lowest BCUT2D eigenvalue weighted by molar-refractivity contribution is -0.0582. The number of aryl methyl sites for hydroxylation is 1. The molecule has 3 heterocycles. The van der Waals surface area contributed by atoms with Gasteiger partial charge in [-0.3, -0.25) is 0 Å². The number of pyridine rings is 1. The minimum atomic E-state index is -1.08. The van der Waals surface area contributed by atoms with Gasteiger partial charge >= 0.3 is 24.4 Å². The fourth-order valence-electron chi connectivity index (χ4n) is 7.13. The largest absolute Gasteiger partial charge is 0.509 e. The second-order valence-corrected chi connectivity index (χ2v) is 20.8. The molecular formula is C48H67N5O9. The van der Waals surface area contributed by atoms with Crippen molar-refractivity contribution in [2.24, 2.45) is 0 Å². The third-order valence-electron chi connectivity index (χ3n) is 9.55. The molecule has 14 nitrogen and oxygen atoms in total. The quantitative estimate of drug-likeness (QED) is 0.117. The van der Waals surface area contributed by atoms with E-state index < -0.39 is 46.3 Å². The monoisotopic (exact) mass is 857 g/mol. The Bertz CT molecular complexity index is 2290. The average Bonchev–Trinajstić information content (AvgIpc) is 3.44. The van der Waals surface area contributed by atoms with Crippen molar-refractivity contribution >= 4 is 52.2 Å². The van der Waals surface area contributed by atoms with Gasteiger partial charge < -0.3 is 33.2 Å². The smallest absolute Gasteiger partial charge is 0.444 e. The van der Waals surface area contributed by atoms with Gasteiger partial charge in [0.25, 0.3) is 0 Å². The Morgan fingerprint density at radius 3 is 1.85 bits per heavy atom. The summed E-state index contributed by atoms with van der Waals surface area (Å²) in [5, 5.41) is 0.719. The Morgan fingerprint density at radius 1 is 0.694 bits per heavy atom. The summed E-state index contributed by atoms with van der Waals surface area (Å²) in [5.74, 6) is 0.619. The number of ether oxygens (including phenoxy) is 5. The summed E-state index contributed by atoms with van der Waals surface area (Å²) in [4.78, 5) is 66.9. The lowest BCUT2D eigenvalue weighted by Gasteiger charge is -2.31. The highest BCUT2D eigenvalue weighted by molar-refractivity contribution is 6.17. The molecule has 2 aromatic carbocycles. The van der Waals surface area contributed by atoms with E-state index in [0.717, 1.165) is 39.8 Å². The number of fused-ring (bicyclic) bond motifs is 4. The molecule has 4 aromatic rings. The predicted octanol–water partition coefficient (Wildman–Crippen LogP) is 11.2. The number of anilines is 1. The molecule has 62 heavy (non-hydrogen) atoms. The van der Waals surface area contributed by atoms with Gasteiger partial charge in [0, 0.05) is 24.9 Å². The van der Waals surface area contributed by atoms with Crippen LogP contribution in [0.2, 0.25) is 0 Å². The number of carbonyl (C=O) groups excluding carboxylic acids is 4. The molecule has 0 saturated carbocycles. The van der Waals surface area contributed by atoms with Crippen LogP contribution < -0.4 is 4.90 Å². The maximum absolute atomic E-state index is 14.2. The number of nitrogens with zero attached hydrogens (tertiary/aromatic N) is 5. The SMILES string of the molecule is CCCCc1nc2c(N(C(=O)OC(C)(C)C)C(=O)OC(C)(C)C)nc3cc(Cc4ccc5c(c4)CCN(C(=O)OC(C)(C)C)C5)ccc3c2n1CC(C)(C)OC(=O)OC(C)(C)C. The zero-order valence-corrected chi connectivity index (χ0v) is 39.5. The Morgan fingerprint density at radius 2 is 1.27 bits per heavy atom. The number of rotatable bonds is 9. The molecule has 0 aliphatic carbocycles. The van der Waals surface area contributed by atoms with Gasteiger partial charge in [-0.15, -0.1) is 0 Å². The van der Waals surface area contributed by atoms with Gasteiger partial charge in [-0.2, -0.15) is 4.90 Å². The molecule has 1 aliphatic rings. The number of amides is 3. The molecule has 0 unspecified atom stereocenters. The molecule has 0 N–H and O–H groups in total. The minimum Gasteiger partial charge on any atom is -0.444 e. The maximum atomic E-state index is 14.2. The zero-order valence-electron chi connectivity index (χ0n) is 39.5. The van der Waals surface area contributed by atoms with Crippen LogP contribution in [-0.4, -0.2) is 78.4 Å². The molecule has 338 valence electrons. The maximum Gasteiger partial charge on any atom is 0.509 e. The van der Waals surface area contributed by atoms with E-state index in [1.54, 1.807) is 81.1 Å². The molecule has 5 rings (SSSR count). The van der Waals surface area contributed by atoms with Crippen molar-refractivity contribution in [3.63, 3.8) is 0 Å². The minimum absolute atomic E-state index is 0.0427. The molecule has 0 spiro atoms. The molecular weight excluding hydrogens is 791 g/mol. The predicted molar refractivity (Wildman–Crippen MR) is 240 cm³/mol. The Balaban J connectivity index is 1.67. The molecule has 2 aromatic heterocycles. The first-order chi connectivity index (χ1) is 28.5. The number of imidazole rings is 1. The number of aromatic nitrogens is 3. The summed E-state index contributed by atoms with van der Waals surface area (Å²) in [5.41, 5.74) is 1.32. The molecule has 0 fully saturated rings. The third-order valence-corrected chi connectivity index (χ3v) is 9.55. The lowest BCUT2D eigenvalue weighted by atomic mass is 9.94. The van der Waals surface area contributed by atoms with E-state index in [2.05, 4.69) is 25.1 Å². The van der Waals surface area contributed by atoms with E-state index in [1.165, 1.54) is 5.56 Å². The molecule has 0 atom stereocenters. The van der Waals surface area contributed by atoms with Crippen molar-refractivity contribution < 1.29 is 42.9 Å². The van der Waals surface area contributed by atoms with Gasteiger partial charge in [-0.05, 0) is 145 Å². The number of benzene rings is 2. The van der Waals surface area contributed by atoms with Gasteiger partial charge in [-0.25, -0.2) is 29.1 Å². The Labute approximate surface area is 366 Å². The molecule has 14 heteroatoms. The summed E-state index contributed by atoms with van der Waals surface area (Å²) in [6.07, 6.45) is 0.440. The summed E-state index contributed by atoms with van der Waals surface area (Å²) >= 11 is 0. The van der Waals surface area contributed by atoms with E-state index >= 15 is 0 Å². The van der Waals surface area contributed by atoms with Gasteiger partial charge in [-0.1, -0.05) is 43.7 Å². The van der Waals surface area contributed by atoms with Crippen LogP contribution in [0, 0.1) is 0 Å². The number of hydrogen-bond donors (Lipinski definition) is 0. The van der Waals surface area contributed by atoms with Crippen molar-refractivity contribution in [2.45, 2.75) is 177 Å². The molecule has 0 radical (unpaired) electrons. The van der Waals surface area contributed by atoms with Crippen molar-refractivity contribution in [3.8, 4) is 0 Å². The number of imide groups is 1. The number of unbranched alkanes of at least 4 members (excludes halogenated alkanes) is 1. The second kappa shape index (κ2) is 17.8. The lowest BCUT2D eigenvalue weighted by Crippen LogP contribution is -2.44. The Hall–Kier alpha value is -5.40. The van der Waals surface area contributed by atoms with Crippen LogP contribution in [0.15, 0.2) is 36.4 Å². The highest BCUT2D eigenvalue weighted by Crippen LogP contribution is 2.36. The van der Waals surface area contributed by atoms with E-state index in [1.807, 2.05) is 43.5 Å². The van der Waals surface area contributed by atoms with Crippen LogP contribution in [0.3, 0.4) is 0 Å². The summed E-state index contributed by atoms with van der Waals surface area (Å²) in [6, 6.07) is 12.3. The summed E-state index contributed by atoms with van der Waals surface area (Å²) < 4.78 is 30.7. The molecule has 0 saturated heterocycles. The van der Waals surface area contributed by atoms with Crippen LogP contribution in [0.5, 0.6) is 0 Å². The van der Waals surface area contributed by atoms with Gasteiger partial charge in [0.15, 0.2) is 5.82 Å². The number of hydrogen-bond acceptors (Lipinski definition) is 11. The van der Waals surface area contributed by atoms with E-state index in [4.69, 9.17) is 33.7 Å². The second-order valence-electron chi connectivity index (χ2n) is 20.8. The number of carbonyl (C=O) groups is 4. The van der Waals surface area contributed by atoms with Crippen molar-refractivity contribution in [1.29, 1.82) is 0 Å². The highest BCUT2D eigenvalue weighted by atomic mass is 16.7. The molecule has 1 aliphatic heterocycles. The van der Waals surface area contributed by atoms with Gasteiger partial charge in [0.2, 0.25) is 0 Å². The molecule has 3 amide bonds. The fourth-order valence-corrected chi connectivity index (χ4v) is 7.13. The van der Waals surface area contributed by atoms with E-state index in [0.29, 0.717) is 49.2 Å². The molecule has 0 bridgehead atoms. The van der Waals surface area contributed by atoms with Crippen molar-refractivity contribution in [3.05, 3.63) is 64.5 Å². The highest BCUT2D eigenvalue weighted by Gasteiger charge is 2.38. The standard InChI is InChI=1S/C48H67N5O9/c1-16-17-18-36-50-37-38(52(36)29-48(14,15)62-43(57)61-47(11,12)13)34-22-20-31(25-30-19-21-33-28-51(24-23-32(33)26-30)40(54)58-44(2,3)4)27-35(34)49-39(37)53(41(55)59-45(5,6)7)42(56)60-46(8,9)10/h19-22,26-27H,16-18,23-25,28-29H2,1-15H3.